The molecule has 3 heteroatoms. The number of isothiocyanates is 1. The maximum atomic E-state index is 14.0. The number of nitrogens with zero attached hydrogens (tertiary/aromatic N) is 1. The maximum Gasteiger partial charge on any atom is 0.133 e. The van der Waals surface area contributed by atoms with Crippen LogP contribution < -0.4 is 0 Å². The molecule has 2 aromatic carbocycles. The Labute approximate surface area is 117 Å². The van der Waals surface area contributed by atoms with E-state index in [4.69, 9.17) is 0 Å². The van der Waals surface area contributed by atoms with Crippen LogP contribution in [0, 0.1) is 5.82 Å². The first-order valence-electron chi connectivity index (χ1n) is 6.21. The van der Waals surface area contributed by atoms with E-state index in [1.54, 1.807) is 12.1 Å². The highest BCUT2D eigenvalue weighted by molar-refractivity contribution is 7.78. The van der Waals surface area contributed by atoms with E-state index in [1.807, 2.05) is 24.3 Å². The molecule has 0 aliphatic carbocycles. The average molecular weight is 271 g/mol. The standard InChI is InChI=1S/C16H14FNS/c1-2-3-12-4-6-13(7-5-12)15-9-8-14(18-11-19)10-16(15)17/h4-10H,2-3H2,1H3. The summed E-state index contributed by atoms with van der Waals surface area (Å²) < 4.78 is 14.0. The lowest BCUT2D eigenvalue weighted by molar-refractivity contribution is 0.631. The summed E-state index contributed by atoms with van der Waals surface area (Å²) in [6.07, 6.45) is 2.16. The Morgan fingerprint density at radius 2 is 1.89 bits per heavy atom. The van der Waals surface area contributed by atoms with Crippen LogP contribution in [0.1, 0.15) is 18.9 Å². The van der Waals surface area contributed by atoms with Gasteiger partial charge in [0.1, 0.15) is 5.82 Å². The zero-order valence-electron chi connectivity index (χ0n) is 10.7. The first kappa shape index (κ1) is 13.6. The topological polar surface area (TPSA) is 12.4 Å². The van der Waals surface area contributed by atoms with Crippen LogP contribution >= 0.6 is 12.2 Å². The predicted octanol–water partition coefficient (Wildman–Crippen LogP) is 5.18. The summed E-state index contributed by atoms with van der Waals surface area (Å²) in [5.74, 6) is -0.297. The van der Waals surface area contributed by atoms with Crippen LogP contribution in [0.3, 0.4) is 0 Å². The molecule has 96 valence electrons. The molecular formula is C16H14FNS. The average Bonchev–Trinajstić information content (AvgIpc) is 2.41. The first-order chi connectivity index (χ1) is 9.24. The van der Waals surface area contributed by atoms with Crippen molar-refractivity contribution in [1.82, 2.24) is 0 Å². The fraction of sp³-hybridized carbons (Fsp3) is 0.188. The van der Waals surface area contributed by atoms with Gasteiger partial charge in [-0.05, 0) is 41.9 Å². The fourth-order valence-corrected chi connectivity index (χ4v) is 2.11. The van der Waals surface area contributed by atoms with Gasteiger partial charge in [-0.15, -0.1) is 0 Å². The van der Waals surface area contributed by atoms with Crippen molar-refractivity contribution in [2.75, 3.05) is 0 Å². The third-order valence-electron chi connectivity index (χ3n) is 2.93. The summed E-state index contributed by atoms with van der Waals surface area (Å²) in [5, 5.41) is 2.23. The molecule has 0 radical (unpaired) electrons. The first-order valence-corrected chi connectivity index (χ1v) is 6.62. The minimum absolute atomic E-state index is 0.297. The third kappa shape index (κ3) is 3.34. The van der Waals surface area contributed by atoms with Crippen molar-refractivity contribution in [2.45, 2.75) is 19.8 Å². The zero-order chi connectivity index (χ0) is 13.7. The lowest BCUT2D eigenvalue weighted by Crippen LogP contribution is -1.86. The highest BCUT2D eigenvalue weighted by Crippen LogP contribution is 2.26. The molecule has 0 saturated carbocycles. The number of hydrogen-bond acceptors (Lipinski definition) is 2. The second-order valence-electron chi connectivity index (χ2n) is 4.31. The van der Waals surface area contributed by atoms with Gasteiger partial charge >= 0.3 is 0 Å². The zero-order valence-corrected chi connectivity index (χ0v) is 11.5. The van der Waals surface area contributed by atoms with Gasteiger partial charge < -0.3 is 0 Å². The molecule has 19 heavy (non-hydrogen) atoms. The van der Waals surface area contributed by atoms with Gasteiger partial charge in [-0.2, -0.15) is 4.99 Å². The van der Waals surface area contributed by atoms with E-state index >= 15 is 0 Å². The smallest absolute Gasteiger partial charge is 0.133 e. The summed E-state index contributed by atoms with van der Waals surface area (Å²) in [7, 11) is 0. The largest absolute Gasteiger partial charge is 0.206 e. The van der Waals surface area contributed by atoms with Gasteiger partial charge in [-0.25, -0.2) is 4.39 Å². The number of aryl methyl sites for hydroxylation is 1. The molecule has 0 bridgehead atoms. The van der Waals surface area contributed by atoms with Crippen molar-refractivity contribution < 1.29 is 4.39 Å². The highest BCUT2D eigenvalue weighted by atomic mass is 32.1. The molecule has 0 aliphatic rings. The Morgan fingerprint density at radius 1 is 1.16 bits per heavy atom. The molecule has 2 aromatic rings. The van der Waals surface area contributed by atoms with E-state index < -0.39 is 0 Å². The molecule has 0 aromatic heterocycles. The maximum absolute atomic E-state index is 14.0. The number of hydrogen-bond donors (Lipinski definition) is 0. The van der Waals surface area contributed by atoms with E-state index in [2.05, 4.69) is 29.3 Å². The van der Waals surface area contributed by atoms with Crippen LogP contribution in [0.25, 0.3) is 11.1 Å². The molecule has 0 unspecified atom stereocenters. The van der Waals surface area contributed by atoms with Crippen molar-refractivity contribution >= 4 is 23.1 Å². The summed E-state index contributed by atoms with van der Waals surface area (Å²) in [6.45, 7) is 2.14. The molecule has 0 atom stereocenters. The van der Waals surface area contributed by atoms with Crippen molar-refractivity contribution in [1.29, 1.82) is 0 Å². The third-order valence-corrected chi connectivity index (χ3v) is 3.02. The van der Waals surface area contributed by atoms with Crippen LogP contribution in [0.5, 0.6) is 0 Å². The van der Waals surface area contributed by atoms with Gasteiger partial charge in [0.2, 0.25) is 0 Å². The van der Waals surface area contributed by atoms with Crippen molar-refractivity contribution in [2.24, 2.45) is 4.99 Å². The number of halogens is 1. The van der Waals surface area contributed by atoms with Gasteiger partial charge in [0, 0.05) is 11.6 Å². The normalized spacial score (nSPS) is 10.0. The predicted molar refractivity (Wildman–Crippen MR) is 80.5 cm³/mol. The molecule has 0 N–H and O–H groups in total. The van der Waals surface area contributed by atoms with Gasteiger partial charge in [-0.3, -0.25) is 0 Å². The Balaban J connectivity index is 2.33. The number of thiocarbonyl (C=S) groups is 1. The van der Waals surface area contributed by atoms with Crippen LogP contribution in [0.4, 0.5) is 10.1 Å². The second-order valence-corrected chi connectivity index (χ2v) is 4.50. The van der Waals surface area contributed by atoms with E-state index in [0.29, 0.717) is 11.3 Å². The van der Waals surface area contributed by atoms with Crippen molar-refractivity contribution in [3.05, 3.63) is 53.8 Å². The van der Waals surface area contributed by atoms with Crippen LogP contribution in [-0.2, 0) is 6.42 Å². The van der Waals surface area contributed by atoms with Gasteiger partial charge in [0.25, 0.3) is 0 Å². The van der Waals surface area contributed by atoms with Crippen LogP contribution in [0.2, 0.25) is 0 Å². The molecule has 0 aliphatic heterocycles. The number of aliphatic imine (C=N–C) groups is 1. The molecule has 0 saturated heterocycles. The van der Waals surface area contributed by atoms with Gasteiger partial charge in [-0.1, -0.05) is 37.6 Å². The van der Waals surface area contributed by atoms with Crippen LogP contribution in [-0.4, -0.2) is 5.16 Å². The Kier molecular flexibility index (Phi) is 4.56. The molecule has 0 spiro atoms. The monoisotopic (exact) mass is 271 g/mol. The van der Waals surface area contributed by atoms with E-state index in [-0.39, 0.29) is 5.82 Å². The lowest BCUT2D eigenvalue weighted by atomic mass is 10.0. The van der Waals surface area contributed by atoms with Crippen LogP contribution in [0.15, 0.2) is 47.5 Å². The fourth-order valence-electron chi connectivity index (χ4n) is 2.00. The lowest BCUT2D eigenvalue weighted by Gasteiger charge is -2.05. The number of rotatable bonds is 4. The molecule has 1 nitrogen and oxygen atoms in total. The van der Waals surface area contributed by atoms with E-state index in [0.717, 1.165) is 18.4 Å². The van der Waals surface area contributed by atoms with Crippen molar-refractivity contribution in [3.8, 4) is 11.1 Å². The molecule has 0 amide bonds. The van der Waals surface area contributed by atoms with Crippen molar-refractivity contribution in [3.63, 3.8) is 0 Å². The Bertz CT molecular complexity index is 613. The minimum Gasteiger partial charge on any atom is -0.206 e. The van der Waals surface area contributed by atoms with Gasteiger partial charge in [0.15, 0.2) is 0 Å². The Hall–Kier alpha value is -1.83. The molecule has 0 heterocycles. The minimum atomic E-state index is -0.297. The SMILES string of the molecule is CCCc1ccc(-c2ccc(N=C=S)cc2F)cc1. The summed E-state index contributed by atoms with van der Waals surface area (Å²) in [4.78, 5) is 3.77. The number of benzene rings is 2. The Morgan fingerprint density at radius 3 is 2.47 bits per heavy atom. The van der Waals surface area contributed by atoms with Gasteiger partial charge in [0.05, 0.1) is 10.8 Å². The highest BCUT2D eigenvalue weighted by Gasteiger charge is 2.06. The summed E-state index contributed by atoms with van der Waals surface area (Å²) in [6, 6.07) is 12.8. The quantitative estimate of drug-likeness (QED) is 0.551. The molecule has 2 rings (SSSR count). The summed E-state index contributed by atoms with van der Waals surface area (Å²) in [5.41, 5.74) is 3.20. The second kappa shape index (κ2) is 6.37. The molecule has 0 fully saturated rings. The van der Waals surface area contributed by atoms with E-state index in [1.165, 1.54) is 11.6 Å². The summed E-state index contributed by atoms with van der Waals surface area (Å²) >= 11 is 4.50. The van der Waals surface area contributed by atoms with E-state index in [9.17, 15) is 4.39 Å². The molecular weight excluding hydrogens is 257 g/mol.